The topological polar surface area (TPSA) is 72.5 Å². The van der Waals surface area contributed by atoms with Crippen LogP contribution >= 0.6 is 0 Å². The molecule has 0 aliphatic heterocycles. The molecule has 5 heteroatoms. The predicted octanol–water partition coefficient (Wildman–Crippen LogP) is 2.17. The van der Waals surface area contributed by atoms with Crippen molar-refractivity contribution in [2.45, 2.75) is 26.4 Å². The van der Waals surface area contributed by atoms with Crippen molar-refractivity contribution in [1.82, 2.24) is 5.32 Å². The highest BCUT2D eigenvalue weighted by Crippen LogP contribution is 2.24. The Labute approximate surface area is 128 Å². The number of rotatable bonds is 2. The highest BCUT2D eigenvalue weighted by molar-refractivity contribution is 6.27. The average Bonchev–Trinajstić information content (AvgIpc) is 2.65. The molecule has 0 atom stereocenters. The number of ketones is 2. The quantitative estimate of drug-likeness (QED) is 0.793. The van der Waals surface area contributed by atoms with Gasteiger partial charge in [0, 0.05) is 16.7 Å². The van der Waals surface area contributed by atoms with Crippen molar-refractivity contribution in [1.29, 1.82) is 0 Å². The third kappa shape index (κ3) is 3.71. The number of fused-ring (bicyclic) bond motifs is 1. The van der Waals surface area contributed by atoms with Crippen molar-refractivity contribution < 1.29 is 19.1 Å². The minimum absolute atomic E-state index is 0.0543. The molecule has 0 spiro atoms. The van der Waals surface area contributed by atoms with Gasteiger partial charge in [0.1, 0.15) is 5.60 Å². The van der Waals surface area contributed by atoms with Crippen LogP contribution < -0.4 is 5.32 Å². The van der Waals surface area contributed by atoms with Gasteiger partial charge >= 0.3 is 6.09 Å². The molecule has 0 aromatic heterocycles. The number of carbonyl (C=O) groups excluding carboxylic acids is 3. The lowest BCUT2D eigenvalue weighted by Gasteiger charge is -2.21. The molecule has 5 nitrogen and oxygen atoms in total. The first-order valence-electron chi connectivity index (χ1n) is 6.88. The van der Waals surface area contributed by atoms with E-state index in [1.165, 1.54) is 6.08 Å². The number of alkyl carbamates (subject to hydrolysis) is 1. The molecule has 0 heterocycles. The van der Waals surface area contributed by atoms with Gasteiger partial charge in [-0.1, -0.05) is 0 Å². The SMILES string of the molecule is CC(C)(C)OC(=O)NCC1=CC(=O)C2=CC=C=CC=C2C1=O. The highest BCUT2D eigenvalue weighted by Gasteiger charge is 2.28. The molecular weight excluding hydrogens is 282 g/mol. The van der Waals surface area contributed by atoms with E-state index in [4.69, 9.17) is 4.74 Å². The second-order valence-electron chi connectivity index (χ2n) is 5.88. The van der Waals surface area contributed by atoms with Crippen molar-refractivity contribution in [3.8, 4) is 0 Å². The van der Waals surface area contributed by atoms with Crippen molar-refractivity contribution >= 4 is 17.7 Å². The Kier molecular flexibility index (Phi) is 4.29. The summed E-state index contributed by atoms with van der Waals surface area (Å²) in [4.78, 5) is 36.1. The van der Waals surface area contributed by atoms with E-state index in [0.29, 0.717) is 11.1 Å². The summed E-state index contributed by atoms with van der Waals surface area (Å²) in [7, 11) is 0. The summed E-state index contributed by atoms with van der Waals surface area (Å²) in [6, 6.07) is 0. The van der Waals surface area contributed by atoms with Crippen LogP contribution in [0.1, 0.15) is 20.8 Å². The average molecular weight is 299 g/mol. The third-order valence-corrected chi connectivity index (χ3v) is 2.91. The number of nitrogens with one attached hydrogen (secondary N) is 1. The molecule has 0 radical (unpaired) electrons. The lowest BCUT2D eigenvalue weighted by molar-refractivity contribution is -0.116. The van der Waals surface area contributed by atoms with E-state index in [0.717, 1.165) is 0 Å². The van der Waals surface area contributed by atoms with E-state index >= 15 is 0 Å². The van der Waals surface area contributed by atoms with Crippen LogP contribution in [-0.4, -0.2) is 29.8 Å². The van der Waals surface area contributed by atoms with E-state index in [2.05, 4.69) is 11.0 Å². The van der Waals surface area contributed by atoms with E-state index in [1.807, 2.05) is 0 Å². The number of hydrogen-bond donors (Lipinski definition) is 1. The first-order chi connectivity index (χ1) is 10.3. The van der Waals surface area contributed by atoms with Gasteiger partial charge in [0.2, 0.25) is 0 Å². The minimum Gasteiger partial charge on any atom is -0.444 e. The molecule has 2 rings (SSSR count). The number of carbonyl (C=O) groups is 3. The Bertz CT molecular complexity index is 693. The van der Waals surface area contributed by atoms with Gasteiger partial charge < -0.3 is 10.1 Å². The van der Waals surface area contributed by atoms with Gasteiger partial charge in [-0.25, -0.2) is 4.79 Å². The second kappa shape index (κ2) is 6.00. The first-order valence-corrected chi connectivity index (χ1v) is 6.88. The number of Topliss-reactive ketones (excluding diaryl/α,β-unsaturated/α-hetero) is 1. The van der Waals surface area contributed by atoms with Crippen molar-refractivity contribution in [2.75, 3.05) is 6.54 Å². The van der Waals surface area contributed by atoms with Crippen LogP contribution in [0.4, 0.5) is 4.79 Å². The van der Waals surface area contributed by atoms with E-state index in [1.54, 1.807) is 45.1 Å². The summed E-state index contributed by atoms with van der Waals surface area (Å²) in [5.74, 6) is -0.546. The molecule has 0 saturated heterocycles. The Morgan fingerprint density at radius 2 is 1.82 bits per heavy atom. The van der Waals surface area contributed by atoms with E-state index in [-0.39, 0.29) is 23.7 Å². The van der Waals surface area contributed by atoms with Gasteiger partial charge in [-0.2, -0.15) is 0 Å². The van der Waals surface area contributed by atoms with Crippen molar-refractivity contribution in [2.24, 2.45) is 0 Å². The summed E-state index contributed by atoms with van der Waals surface area (Å²) in [5.41, 5.74) is 3.08. The summed E-state index contributed by atoms with van der Waals surface area (Å²) in [6.45, 7) is 5.18. The smallest absolute Gasteiger partial charge is 0.407 e. The Morgan fingerprint density at radius 1 is 1.18 bits per heavy atom. The van der Waals surface area contributed by atoms with Gasteiger partial charge in [0.25, 0.3) is 0 Å². The van der Waals surface area contributed by atoms with Crippen LogP contribution in [0.2, 0.25) is 0 Å². The monoisotopic (exact) mass is 299 g/mol. The van der Waals surface area contributed by atoms with Crippen molar-refractivity contribution in [3.63, 3.8) is 0 Å². The summed E-state index contributed by atoms with van der Waals surface area (Å²) in [6.07, 6.45) is 6.89. The van der Waals surface area contributed by atoms with Crippen LogP contribution in [0.25, 0.3) is 0 Å². The third-order valence-electron chi connectivity index (χ3n) is 2.91. The maximum Gasteiger partial charge on any atom is 0.407 e. The maximum atomic E-state index is 12.4. The first kappa shape index (κ1) is 15.7. The molecule has 2 aliphatic carbocycles. The standard InChI is InChI=1S/C17H17NO4/c1-17(2,3)22-16(21)18-10-11-9-14(19)12-7-5-4-6-8-13(12)15(11)20/h5-9H,10H2,1-3H3,(H,18,21). The van der Waals surface area contributed by atoms with Gasteiger partial charge in [0.15, 0.2) is 11.6 Å². The minimum atomic E-state index is -0.633. The van der Waals surface area contributed by atoms with Crippen LogP contribution in [0.15, 0.2) is 52.8 Å². The summed E-state index contributed by atoms with van der Waals surface area (Å²) < 4.78 is 5.10. The molecule has 2 aliphatic rings. The molecule has 0 saturated carbocycles. The molecule has 0 unspecified atom stereocenters. The molecule has 0 aromatic carbocycles. The Morgan fingerprint density at radius 3 is 2.45 bits per heavy atom. The number of amides is 1. The van der Waals surface area contributed by atoms with Gasteiger partial charge in [-0.3, -0.25) is 9.59 Å². The number of hydrogen-bond acceptors (Lipinski definition) is 4. The Balaban J connectivity index is 2.12. The molecule has 22 heavy (non-hydrogen) atoms. The lowest BCUT2D eigenvalue weighted by Crippen LogP contribution is -2.35. The van der Waals surface area contributed by atoms with Crippen LogP contribution in [-0.2, 0) is 14.3 Å². The molecule has 0 bridgehead atoms. The van der Waals surface area contributed by atoms with Crippen LogP contribution in [0.3, 0.4) is 0 Å². The Hall–Kier alpha value is -2.65. The largest absolute Gasteiger partial charge is 0.444 e. The van der Waals surface area contributed by atoms with Crippen molar-refractivity contribution in [3.05, 3.63) is 52.8 Å². The summed E-state index contributed by atoms with van der Waals surface area (Å²) >= 11 is 0. The van der Waals surface area contributed by atoms with Gasteiger partial charge in [-0.15, -0.1) is 5.73 Å². The zero-order valence-corrected chi connectivity index (χ0v) is 12.7. The zero-order valence-electron chi connectivity index (χ0n) is 12.7. The predicted molar refractivity (Wildman–Crippen MR) is 81.2 cm³/mol. The molecule has 0 aromatic rings. The molecule has 1 amide bonds. The second-order valence-corrected chi connectivity index (χ2v) is 5.88. The lowest BCUT2D eigenvalue weighted by atomic mass is 9.87. The number of ether oxygens (including phenoxy) is 1. The fraction of sp³-hybridized carbons (Fsp3) is 0.294. The fourth-order valence-electron chi connectivity index (χ4n) is 2.00. The molecule has 114 valence electrons. The fourth-order valence-corrected chi connectivity index (χ4v) is 2.00. The van der Waals surface area contributed by atoms with Gasteiger partial charge in [-0.05, 0) is 51.2 Å². The van der Waals surface area contributed by atoms with Gasteiger partial charge in [0.05, 0.1) is 6.54 Å². The molecular formula is C17H17NO4. The van der Waals surface area contributed by atoms with E-state index < -0.39 is 11.7 Å². The highest BCUT2D eigenvalue weighted by atomic mass is 16.6. The molecule has 1 N–H and O–H groups in total. The van der Waals surface area contributed by atoms with E-state index in [9.17, 15) is 14.4 Å². The number of allylic oxidation sites excluding steroid dienone is 6. The maximum absolute atomic E-state index is 12.4. The molecule has 0 fully saturated rings. The van der Waals surface area contributed by atoms with Crippen LogP contribution in [0, 0.1) is 0 Å². The summed E-state index contributed by atoms with van der Waals surface area (Å²) in [5, 5.41) is 2.49. The normalized spacial score (nSPS) is 17.1. The van der Waals surface area contributed by atoms with Crippen LogP contribution in [0.5, 0.6) is 0 Å². The zero-order chi connectivity index (χ0) is 16.3.